The van der Waals surface area contributed by atoms with Crippen LogP contribution in [0.3, 0.4) is 0 Å². The molecule has 1 heterocycles. The predicted octanol–water partition coefficient (Wildman–Crippen LogP) is 2.43. The number of thiocarbonyl (C=S) groups is 1. The predicted molar refractivity (Wildman–Crippen MR) is 52.1 cm³/mol. The molecule has 0 amide bonds. The van der Waals surface area contributed by atoms with Gasteiger partial charge in [-0.1, -0.05) is 0 Å². The molecule has 0 aliphatic carbocycles. The van der Waals surface area contributed by atoms with Gasteiger partial charge in [-0.3, -0.25) is 0 Å². The summed E-state index contributed by atoms with van der Waals surface area (Å²) in [6.07, 6.45) is 8.17. The number of hydrogen-bond donors (Lipinski definition) is 0. The minimum Gasteiger partial charge on any atom is -0.498 e. The zero-order valence-electron chi connectivity index (χ0n) is 7.29. The van der Waals surface area contributed by atoms with Gasteiger partial charge in [-0.25, -0.2) is 0 Å². The van der Waals surface area contributed by atoms with Gasteiger partial charge in [0.25, 0.3) is 0 Å². The highest BCUT2D eigenvalue weighted by molar-refractivity contribution is 7.80. The highest BCUT2D eigenvalue weighted by atomic mass is 32.1. The van der Waals surface area contributed by atoms with Crippen LogP contribution in [0.2, 0.25) is 0 Å². The standard InChI is InChI=1S/C9H14O2S/c1-10-9(12)6-5-8-4-2-3-7-11-8/h3,7-8H,2,4-6H2,1H3. The summed E-state index contributed by atoms with van der Waals surface area (Å²) in [5.41, 5.74) is 0. The van der Waals surface area contributed by atoms with Crippen molar-refractivity contribution in [2.45, 2.75) is 31.8 Å². The quantitative estimate of drug-likeness (QED) is 0.631. The third kappa shape index (κ3) is 3.22. The van der Waals surface area contributed by atoms with Crippen LogP contribution in [0.25, 0.3) is 0 Å². The molecule has 3 heteroatoms. The van der Waals surface area contributed by atoms with E-state index in [9.17, 15) is 0 Å². The van der Waals surface area contributed by atoms with Gasteiger partial charge in [-0.2, -0.15) is 0 Å². The van der Waals surface area contributed by atoms with Crippen molar-refractivity contribution in [3.63, 3.8) is 0 Å². The Balaban J connectivity index is 2.14. The van der Waals surface area contributed by atoms with Gasteiger partial charge in [-0.15, -0.1) is 0 Å². The Morgan fingerprint density at radius 2 is 2.58 bits per heavy atom. The van der Waals surface area contributed by atoms with Crippen LogP contribution < -0.4 is 0 Å². The Morgan fingerprint density at radius 1 is 1.75 bits per heavy atom. The summed E-state index contributed by atoms with van der Waals surface area (Å²) < 4.78 is 10.3. The molecule has 1 aliphatic heterocycles. The van der Waals surface area contributed by atoms with Gasteiger partial charge >= 0.3 is 0 Å². The van der Waals surface area contributed by atoms with E-state index in [4.69, 9.17) is 21.7 Å². The Hall–Kier alpha value is -0.570. The molecule has 0 fully saturated rings. The highest BCUT2D eigenvalue weighted by Crippen LogP contribution is 2.15. The molecule has 0 N–H and O–H groups in total. The van der Waals surface area contributed by atoms with E-state index in [0.29, 0.717) is 11.2 Å². The molecule has 0 radical (unpaired) electrons. The average molecular weight is 186 g/mol. The zero-order valence-corrected chi connectivity index (χ0v) is 8.10. The fraction of sp³-hybridized carbons (Fsp3) is 0.667. The Labute approximate surface area is 78.5 Å². The number of methoxy groups -OCH3 is 1. The third-order valence-electron chi connectivity index (χ3n) is 1.92. The first-order valence-corrected chi connectivity index (χ1v) is 4.61. The van der Waals surface area contributed by atoms with E-state index in [1.165, 1.54) is 0 Å². The van der Waals surface area contributed by atoms with Crippen LogP contribution >= 0.6 is 12.2 Å². The number of hydrogen-bond acceptors (Lipinski definition) is 3. The Bertz CT molecular complexity index is 177. The first kappa shape index (κ1) is 9.52. The molecule has 12 heavy (non-hydrogen) atoms. The lowest BCUT2D eigenvalue weighted by atomic mass is 10.1. The monoisotopic (exact) mass is 186 g/mol. The van der Waals surface area contributed by atoms with Crippen LogP contribution in [0.4, 0.5) is 0 Å². The SMILES string of the molecule is COC(=S)CCC1CCC=CO1. The molecule has 0 spiro atoms. The molecule has 0 aromatic heterocycles. The second kappa shape index (κ2) is 5.14. The van der Waals surface area contributed by atoms with Crippen molar-refractivity contribution in [1.82, 2.24) is 0 Å². The zero-order chi connectivity index (χ0) is 8.81. The molecular formula is C9H14O2S. The van der Waals surface area contributed by atoms with Gasteiger partial charge in [0.15, 0.2) is 5.05 Å². The number of rotatable bonds is 3. The van der Waals surface area contributed by atoms with E-state index in [1.54, 1.807) is 13.4 Å². The lowest BCUT2D eigenvalue weighted by Crippen LogP contribution is -2.14. The first-order valence-electron chi connectivity index (χ1n) is 4.20. The minimum atomic E-state index is 0.336. The summed E-state index contributed by atoms with van der Waals surface area (Å²) in [5.74, 6) is 0. The molecular weight excluding hydrogens is 172 g/mol. The van der Waals surface area contributed by atoms with E-state index < -0.39 is 0 Å². The summed E-state index contributed by atoms with van der Waals surface area (Å²) in [6, 6.07) is 0. The van der Waals surface area contributed by atoms with Crippen LogP contribution in [0.1, 0.15) is 25.7 Å². The van der Waals surface area contributed by atoms with Crippen LogP contribution in [0, 0.1) is 0 Å². The van der Waals surface area contributed by atoms with E-state index >= 15 is 0 Å². The van der Waals surface area contributed by atoms with Gasteiger partial charge in [0.05, 0.1) is 19.5 Å². The van der Waals surface area contributed by atoms with Crippen LogP contribution in [0.5, 0.6) is 0 Å². The summed E-state index contributed by atoms with van der Waals surface area (Å²) >= 11 is 4.93. The molecule has 0 aromatic carbocycles. The maximum atomic E-state index is 5.38. The van der Waals surface area contributed by atoms with Crippen molar-refractivity contribution in [3.05, 3.63) is 12.3 Å². The van der Waals surface area contributed by atoms with Crippen molar-refractivity contribution in [3.8, 4) is 0 Å². The van der Waals surface area contributed by atoms with Crippen molar-refractivity contribution >= 4 is 17.3 Å². The topological polar surface area (TPSA) is 18.5 Å². The van der Waals surface area contributed by atoms with Gasteiger partial charge < -0.3 is 9.47 Å². The lowest BCUT2D eigenvalue weighted by molar-refractivity contribution is 0.116. The molecule has 0 saturated carbocycles. The minimum absolute atomic E-state index is 0.336. The van der Waals surface area contributed by atoms with Gasteiger partial charge in [0.2, 0.25) is 0 Å². The van der Waals surface area contributed by atoms with E-state index in [0.717, 1.165) is 25.7 Å². The number of allylic oxidation sites excluding steroid dienone is 1. The second-order valence-electron chi connectivity index (χ2n) is 2.82. The number of ether oxygens (including phenoxy) is 2. The Morgan fingerprint density at radius 3 is 3.17 bits per heavy atom. The van der Waals surface area contributed by atoms with Gasteiger partial charge in [-0.05, 0) is 37.6 Å². The Kier molecular flexibility index (Phi) is 4.08. The van der Waals surface area contributed by atoms with Crippen LogP contribution in [-0.2, 0) is 9.47 Å². The summed E-state index contributed by atoms with van der Waals surface area (Å²) in [4.78, 5) is 0. The highest BCUT2D eigenvalue weighted by Gasteiger charge is 2.11. The summed E-state index contributed by atoms with van der Waals surface area (Å²) in [6.45, 7) is 0. The summed E-state index contributed by atoms with van der Waals surface area (Å²) in [5, 5.41) is 0.674. The molecule has 0 saturated heterocycles. The maximum absolute atomic E-state index is 5.38. The smallest absolute Gasteiger partial charge is 0.159 e. The molecule has 0 bridgehead atoms. The first-order chi connectivity index (χ1) is 5.83. The normalized spacial score (nSPS) is 21.6. The fourth-order valence-electron chi connectivity index (χ4n) is 1.18. The van der Waals surface area contributed by atoms with E-state index in [-0.39, 0.29) is 0 Å². The van der Waals surface area contributed by atoms with E-state index in [2.05, 4.69) is 0 Å². The van der Waals surface area contributed by atoms with E-state index in [1.807, 2.05) is 6.08 Å². The molecule has 1 unspecified atom stereocenters. The van der Waals surface area contributed by atoms with Crippen molar-refractivity contribution in [2.24, 2.45) is 0 Å². The van der Waals surface area contributed by atoms with Gasteiger partial charge in [0.1, 0.15) is 0 Å². The van der Waals surface area contributed by atoms with Crippen molar-refractivity contribution in [1.29, 1.82) is 0 Å². The van der Waals surface area contributed by atoms with Gasteiger partial charge in [0, 0.05) is 6.42 Å². The third-order valence-corrected chi connectivity index (χ3v) is 2.29. The summed E-state index contributed by atoms with van der Waals surface area (Å²) in [7, 11) is 1.62. The molecule has 2 nitrogen and oxygen atoms in total. The van der Waals surface area contributed by atoms with Crippen LogP contribution in [0.15, 0.2) is 12.3 Å². The molecule has 0 aromatic rings. The average Bonchev–Trinajstić information content (AvgIpc) is 2.16. The fourth-order valence-corrected chi connectivity index (χ4v) is 1.30. The largest absolute Gasteiger partial charge is 0.498 e. The second-order valence-corrected chi connectivity index (χ2v) is 3.28. The van der Waals surface area contributed by atoms with Crippen molar-refractivity contribution in [2.75, 3.05) is 7.11 Å². The molecule has 1 atom stereocenters. The van der Waals surface area contributed by atoms with Crippen molar-refractivity contribution < 1.29 is 9.47 Å². The van der Waals surface area contributed by atoms with Crippen LogP contribution in [-0.4, -0.2) is 18.3 Å². The maximum Gasteiger partial charge on any atom is 0.159 e. The molecule has 1 rings (SSSR count). The molecule has 1 aliphatic rings. The molecule has 68 valence electrons. The lowest BCUT2D eigenvalue weighted by Gasteiger charge is -2.18.